The highest BCUT2D eigenvalue weighted by molar-refractivity contribution is 7.89. The summed E-state index contributed by atoms with van der Waals surface area (Å²) in [6.45, 7) is 8.91. The Morgan fingerprint density at radius 1 is 1.18 bits per heavy atom. The number of nitrogens with one attached hydrogen (secondary N) is 2. The molecule has 0 unspecified atom stereocenters. The molecule has 1 aromatic carbocycles. The van der Waals surface area contributed by atoms with Crippen LogP contribution in [-0.4, -0.2) is 52.6 Å². The summed E-state index contributed by atoms with van der Waals surface area (Å²) in [4.78, 5) is 2.64. The number of nitrogens with zero attached hydrogens (tertiary/aromatic N) is 1. The Kier molecular flexibility index (Phi) is 9.54. The molecule has 1 saturated heterocycles. The van der Waals surface area contributed by atoms with Crippen molar-refractivity contribution < 1.29 is 8.42 Å². The lowest BCUT2D eigenvalue weighted by molar-refractivity contribution is 0.245. The van der Waals surface area contributed by atoms with Gasteiger partial charge in [0.1, 0.15) is 0 Å². The highest BCUT2D eigenvalue weighted by atomic mass is 35.5. The highest BCUT2D eigenvalue weighted by Gasteiger charge is 2.17. The van der Waals surface area contributed by atoms with E-state index in [0.717, 1.165) is 43.9 Å². The molecule has 1 aliphatic rings. The zero-order valence-electron chi connectivity index (χ0n) is 13.0. The predicted octanol–water partition coefficient (Wildman–Crippen LogP) is 1.33. The standard InChI is InChI=1S/C14H23N3O2S.2ClH/c1-12-3-4-14(13(2)11-12)20(18,19)16-7-10-17-8-5-15-6-9-17;;/h3-4,11,15-16H,5-10H2,1-2H3;2*1H. The van der Waals surface area contributed by atoms with Crippen LogP contribution in [-0.2, 0) is 10.0 Å². The minimum atomic E-state index is -3.40. The maximum atomic E-state index is 12.3. The topological polar surface area (TPSA) is 61.4 Å². The molecule has 0 atom stereocenters. The first-order valence-electron chi connectivity index (χ1n) is 6.99. The number of hydrogen-bond donors (Lipinski definition) is 2. The summed E-state index contributed by atoms with van der Waals surface area (Å²) in [7, 11) is -3.40. The molecule has 8 heteroatoms. The Hall–Kier alpha value is -0.370. The first-order valence-corrected chi connectivity index (χ1v) is 8.47. The quantitative estimate of drug-likeness (QED) is 0.821. The third-order valence-electron chi connectivity index (χ3n) is 3.55. The zero-order chi connectivity index (χ0) is 14.6. The number of piperazine rings is 1. The van der Waals surface area contributed by atoms with Gasteiger partial charge in [0.05, 0.1) is 4.90 Å². The van der Waals surface area contributed by atoms with Gasteiger partial charge in [0.25, 0.3) is 0 Å². The molecule has 0 spiro atoms. The second-order valence-electron chi connectivity index (χ2n) is 5.26. The van der Waals surface area contributed by atoms with Crippen molar-refractivity contribution >= 4 is 34.8 Å². The SMILES string of the molecule is Cc1ccc(S(=O)(=O)NCCN2CCNCC2)c(C)c1.Cl.Cl. The van der Waals surface area contributed by atoms with Gasteiger partial charge in [-0.15, -0.1) is 24.8 Å². The summed E-state index contributed by atoms with van der Waals surface area (Å²) in [6.07, 6.45) is 0. The van der Waals surface area contributed by atoms with Crippen molar-refractivity contribution in [1.82, 2.24) is 14.9 Å². The van der Waals surface area contributed by atoms with Gasteiger partial charge in [-0.25, -0.2) is 13.1 Å². The Balaban J connectivity index is 0.00000220. The van der Waals surface area contributed by atoms with Gasteiger partial charge >= 0.3 is 0 Å². The average molecular weight is 370 g/mol. The van der Waals surface area contributed by atoms with E-state index < -0.39 is 10.0 Å². The van der Waals surface area contributed by atoms with Crippen molar-refractivity contribution in [2.24, 2.45) is 0 Å². The summed E-state index contributed by atoms with van der Waals surface area (Å²) in [5, 5.41) is 3.28. The molecular formula is C14H25Cl2N3O2S. The molecule has 1 aliphatic heterocycles. The summed E-state index contributed by atoms with van der Waals surface area (Å²) >= 11 is 0. The largest absolute Gasteiger partial charge is 0.314 e. The molecule has 0 aromatic heterocycles. The lowest BCUT2D eigenvalue weighted by Crippen LogP contribution is -2.46. The maximum absolute atomic E-state index is 12.3. The van der Waals surface area contributed by atoms with E-state index in [1.807, 2.05) is 26.0 Å². The lowest BCUT2D eigenvalue weighted by atomic mass is 10.2. The van der Waals surface area contributed by atoms with E-state index in [2.05, 4.69) is 14.9 Å². The van der Waals surface area contributed by atoms with Crippen LogP contribution >= 0.6 is 24.8 Å². The van der Waals surface area contributed by atoms with E-state index in [-0.39, 0.29) is 24.8 Å². The fourth-order valence-corrected chi connectivity index (χ4v) is 3.70. The number of sulfonamides is 1. The average Bonchev–Trinajstić information content (AvgIpc) is 2.39. The van der Waals surface area contributed by atoms with Gasteiger partial charge in [0, 0.05) is 39.3 Å². The second kappa shape index (κ2) is 9.70. The number of benzene rings is 1. The van der Waals surface area contributed by atoms with Crippen LogP contribution in [0.1, 0.15) is 11.1 Å². The summed E-state index contributed by atoms with van der Waals surface area (Å²) in [5.74, 6) is 0. The summed E-state index contributed by atoms with van der Waals surface area (Å²) < 4.78 is 27.2. The van der Waals surface area contributed by atoms with Crippen molar-refractivity contribution in [3.63, 3.8) is 0 Å². The van der Waals surface area contributed by atoms with Crippen molar-refractivity contribution in [1.29, 1.82) is 0 Å². The van der Waals surface area contributed by atoms with Crippen molar-refractivity contribution in [2.45, 2.75) is 18.7 Å². The predicted molar refractivity (Wildman–Crippen MR) is 94.9 cm³/mol. The molecule has 2 rings (SSSR count). The Bertz CT molecular complexity index is 561. The van der Waals surface area contributed by atoms with Crippen molar-refractivity contribution in [3.8, 4) is 0 Å². The smallest absolute Gasteiger partial charge is 0.240 e. The fourth-order valence-electron chi connectivity index (χ4n) is 2.45. The minimum absolute atomic E-state index is 0. The molecule has 1 aromatic rings. The van der Waals surface area contributed by atoms with Crippen molar-refractivity contribution in [2.75, 3.05) is 39.3 Å². The fraction of sp³-hybridized carbons (Fsp3) is 0.571. The van der Waals surface area contributed by atoms with Crippen LogP contribution in [0.25, 0.3) is 0 Å². The molecule has 0 saturated carbocycles. The second-order valence-corrected chi connectivity index (χ2v) is 6.99. The van der Waals surface area contributed by atoms with Gasteiger partial charge < -0.3 is 5.32 Å². The summed E-state index contributed by atoms with van der Waals surface area (Å²) in [5.41, 5.74) is 1.86. The van der Waals surface area contributed by atoms with Crippen LogP contribution in [0.15, 0.2) is 23.1 Å². The monoisotopic (exact) mass is 369 g/mol. The third kappa shape index (κ3) is 6.02. The molecule has 1 heterocycles. The van der Waals surface area contributed by atoms with E-state index >= 15 is 0 Å². The minimum Gasteiger partial charge on any atom is -0.314 e. The normalized spacial score (nSPS) is 15.7. The Labute approximate surface area is 145 Å². The van der Waals surface area contributed by atoms with Crippen LogP contribution in [0.2, 0.25) is 0 Å². The molecule has 0 aliphatic carbocycles. The molecule has 5 nitrogen and oxygen atoms in total. The molecular weight excluding hydrogens is 345 g/mol. The van der Waals surface area contributed by atoms with Gasteiger partial charge in [0.15, 0.2) is 0 Å². The van der Waals surface area contributed by atoms with E-state index in [4.69, 9.17) is 0 Å². The maximum Gasteiger partial charge on any atom is 0.240 e. The first kappa shape index (κ1) is 21.6. The number of aryl methyl sites for hydroxylation is 2. The zero-order valence-corrected chi connectivity index (χ0v) is 15.4. The van der Waals surface area contributed by atoms with Crippen LogP contribution < -0.4 is 10.0 Å². The molecule has 1 fully saturated rings. The van der Waals surface area contributed by atoms with E-state index in [1.54, 1.807) is 6.07 Å². The number of hydrogen-bond acceptors (Lipinski definition) is 4. The molecule has 0 radical (unpaired) electrons. The number of halogens is 2. The Morgan fingerprint density at radius 3 is 2.41 bits per heavy atom. The first-order chi connectivity index (χ1) is 9.49. The van der Waals surface area contributed by atoms with Crippen LogP contribution in [0.5, 0.6) is 0 Å². The van der Waals surface area contributed by atoms with Gasteiger partial charge in [-0.1, -0.05) is 17.7 Å². The van der Waals surface area contributed by atoms with E-state index in [0.29, 0.717) is 11.4 Å². The lowest BCUT2D eigenvalue weighted by Gasteiger charge is -2.27. The van der Waals surface area contributed by atoms with Crippen LogP contribution in [0.3, 0.4) is 0 Å². The van der Waals surface area contributed by atoms with E-state index in [1.165, 1.54) is 0 Å². The molecule has 2 N–H and O–H groups in total. The molecule has 22 heavy (non-hydrogen) atoms. The van der Waals surface area contributed by atoms with Gasteiger partial charge in [0.2, 0.25) is 10.0 Å². The molecule has 0 bridgehead atoms. The Morgan fingerprint density at radius 2 is 1.82 bits per heavy atom. The molecule has 128 valence electrons. The van der Waals surface area contributed by atoms with Gasteiger partial charge in [-0.05, 0) is 25.5 Å². The van der Waals surface area contributed by atoms with Crippen molar-refractivity contribution in [3.05, 3.63) is 29.3 Å². The summed E-state index contributed by atoms with van der Waals surface area (Å²) in [6, 6.07) is 5.40. The third-order valence-corrected chi connectivity index (χ3v) is 5.17. The van der Waals surface area contributed by atoms with Gasteiger partial charge in [-0.2, -0.15) is 0 Å². The van der Waals surface area contributed by atoms with Crippen LogP contribution in [0.4, 0.5) is 0 Å². The highest BCUT2D eigenvalue weighted by Crippen LogP contribution is 2.15. The number of rotatable bonds is 5. The van der Waals surface area contributed by atoms with E-state index in [9.17, 15) is 8.42 Å². The van der Waals surface area contributed by atoms with Crippen LogP contribution in [0, 0.1) is 13.8 Å². The molecule has 0 amide bonds. The van der Waals surface area contributed by atoms with Gasteiger partial charge in [-0.3, -0.25) is 4.90 Å².